The Morgan fingerprint density at radius 3 is 2.74 bits per heavy atom. The Morgan fingerprint density at radius 1 is 1.26 bits per heavy atom. The third-order valence-corrected chi connectivity index (χ3v) is 6.09. The van der Waals surface area contributed by atoms with Crippen LogP contribution < -0.4 is 10.6 Å². The molecule has 4 rings (SSSR count). The zero-order valence-electron chi connectivity index (χ0n) is 17.9. The van der Waals surface area contributed by atoms with E-state index in [9.17, 15) is 14.4 Å². The van der Waals surface area contributed by atoms with Crippen LogP contribution in [0.25, 0.3) is 0 Å². The van der Waals surface area contributed by atoms with Gasteiger partial charge in [0, 0.05) is 24.7 Å². The Kier molecular flexibility index (Phi) is 6.06. The van der Waals surface area contributed by atoms with Gasteiger partial charge in [0.15, 0.2) is 0 Å². The fraction of sp³-hybridized carbons (Fsp3) is 0.478. The van der Waals surface area contributed by atoms with Gasteiger partial charge in [-0.25, -0.2) is 9.79 Å². The Labute approximate surface area is 181 Å². The van der Waals surface area contributed by atoms with E-state index in [0.717, 1.165) is 31.4 Å². The molecule has 1 unspecified atom stereocenters. The number of fused-ring (bicyclic) bond motifs is 1. The number of ether oxygens (including phenoxy) is 1. The maximum atomic E-state index is 13.1. The van der Waals surface area contributed by atoms with Crippen molar-refractivity contribution < 1.29 is 19.1 Å². The molecule has 31 heavy (non-hydrogen) atoms. The number of anilines is 1. The van der Waals surface area contributed by atoms with Crippen molar-refractivity contribution in [2.45, 2.75) is 52.0 Å². The summed E-state index contributed by atoms with van der Waals surface area (Å²) in [4.78, 5) is 44.7. The highest BCUT2D eigenvalue weighted by molar-refractivity contribution is 6.24. The minimum atomic E-state index is -0.561. The Bertz CT molecular complexity index is 962. The first-order valence-corrected chi connectivity index (χ1v) is 10.9. The minimum absolute atomic E-state index is 0.0270. The van der Waals surface area contributed by atoms with Gasteiger partial charge in [-0.15, -0.1) is 0 Å². The third kappa shape index (κ3) is 4.33. The number of aliphatic imine (C=N–C) groups is 1. The lowest BCUT2D eigenvalue weighted by Crippen LogP contribution is -2.40. The molecule has 0 radical (unpaired) electrons. The second-order valence-corrected chi connectivity index (χ2v) is 8.20. The lowest BCUT2D eigenvalue weighted by molar-refractivity contribution is -0.138. The van der Waals surface area contributed by atoms with E-state index in [4.69, 9.17) is 4.74 Å². The zero-order valence-corrected chi connectivity index (χ0v) is 17.9. The molecule has 1 saturated heterocycles. The molecule has 1 aliphatic carbocycles. The van der Waals surface area contributed by atoms with Crippen molar-refractivity contribution in [1.29, 1.82) is 0 Å². The van der Waals surface area contributed by atoms with Crippen molar-refractivity contribution in [3.05, 3.63) is 35.5 Å². The summed E-state index contributed by atoms with van der Waals surface area (Å²) in [5.41, 5.74) is 2.06. The van der Waals surface area contributed by atoms with Crippen LogP contribution in [-0.2, 0) is 19.1 Å². The van der Waals surface area contributed by atoms with Gasteiger partial charge in [-0.2, -0.15) is 0 Å². The SMILES string of the molecule is CCOC(=O)C1=C(C)Nc2ccccc2N=C1NC(=O)C1CC(=O)N(C2CCCC2)C1. The maximum absolute atomic E-state index is 13.1. The number of esters is 1. The number of allylic oxidation sites excluding steroid dienone is 1. The molecule has 2 amide bonds. The van der Waals surface area contributed by atoms with Crippen molar-refractivity contribution in [1.82, 2.24) is 10.2 Å². The second-order valence-electron chi connectivity index (χ2n) is 8.20. The summed E-state index contributed by atoms with van der Waals surface area (Å²) in [5.74, 6) is -1.16. The molecule has 2 heterocycles. The molecule has 0 spiro atoms. The molecule has 8 heteroatoms. The molecule has 1 aromatic rings. The second kappa shape index (κ2) is 8.91. The molecule has 164 valence electrons. The highest BCUT2D eigenvalue weighted by atomic mass is 16.5. The van der Waals surface area contributed by atoms with Gasteiger partial charge in [-0.1, -0.05) is 25.0 Å². The van der Waals surface area contributed by atoms with Crippen molar-refractivity contribution in [3.63, 3.8) is 0 Å². The number of carbonyl (C=O) groups excluding carboxylic acids is 3. The molecule has 2 N–H and O–H groups in total. The molecule has 1 atom stereocenters. The van der Waals surface area contributed by atoms with Crippen LogP contribution in [0.3, 0.4) is 0 Å². The van der Waals surface area contributed by atoms with Gasteiger partial charge in [0.25, 0.3) is 0 Å². The normalized spacial score (nSPS) is 21.4. The van der Waals surface area contributed by atoms with E-state index in [1.54, 1.807) is 19.9 Å². The fourth-order valence-corrected chi connectivity index (χ4v) is 4.53. The fourth-order valence-electron chi connectivity index (χ4n) is 4.53. The monoisotopic (exact) mass is 424 g/mol. The number of likely N-dealkylation sites (tertiary alicyclic amines) is 1. The molecule has 8 nitrogen and oxygen atoms in total. The van der Waals surface area contributed by atoms with Crippen LogP contribution in [0.15, 0.2) is 40.5 Å². The lowest BCUT2D eigenvalue weighted by atomic mass is 10.1. The number of benzene rings is 1. The summed E-state index contributed by atoms with van der Waals surface area (Å²) >= 11 is 0. The maximum Gasteiger partial charge on any atom is 0.343 e. The van der Waals surface area contributed by atoms with Gasteiger partial charge < -0.3 is 20.3 Å². The summed E-state index contributed by atoms with van der Waals surface area (Å²) in [6.45, 7) is 4.09. The van der Waals surface area contributed by atoms with Gasteiger partial charge in [0.1, 0.15) is 11.4 Å². The van der Waals surface area contributed by atoms with Crippen molar-refractivity contribution in [2.24, 2.45) is 10.9 Å². The van der Waals surface area contributed by atoms with Crippen LogP contribution in [0.2, 0.25) is 0 Å². The predicted molar refractivity (Wildman–Crippen MR) is 117 cm³/mol. The zero-order chi connectivity index (χ0) is 22.0. The number of carbonyl (C=O) groups is 3. The van der Waals surface area contributed by atoms with Gasteiger partial charge in [0.05, 0.1) is 23.9 Å². The van der Waals surface area contributed by atoms with E-state index in [2.05, 4.69) is 15.6 Å². The summed E-state index contributed by atoms with van der Waals surface area (Å²) in [5, 5.41) is 6.01. The predicted octanol–water partition coefficient (Wildman–Crippen LogP) is 2.89. The Balaban J connectivity index is 1.58. The summed E-state index contributed by atoms with van der Waals surface area (Å²) in [6.07, 6.45) is 4.44. The van der Waals surface area contributed by atoms with Gasteiger partial charge in [0.2, 0.25) is 11.8 Å². The number of hydrogen-bond acceptors (Lipinski definition) is 6. The van der Waals surface area contributed by atoms with Crippen LogP contribution in [0.4, 0.5) is 11.4 Å². The molecular formula is C23H28N4O4. The number of rotatable bonds is 4. The standard InChI is InChI=1S/C23H28N4O4/c1-3-31-23(30)20-14(2)24-17-10-6-7-11-18(17)25-21(20)26-22(29)15-12-19(28)27(13-15)16-8-4-5-9-16/h6-7,10-11,15-16,24H,3-5,8-9,12-13H2,1-2H3,(H,25,26,29). The molecule has 2 aliphatic heterocycles. The minimum Gasteiger partial charge on any atom is -0.462 e. The summed E-state index contributed by atoms with van der Waals surface area (Å²) in [6, 6.07) is 7.60. The molecule has 3 aliphatic rings. The highest BCUT2D eigenvalue weighted by Crippen LogP contribution is 2.32. The Morgan fingerprint density at radius 2 is 2.00 bits per heavy atom. The number of nitrogens with one attached hydrogen (secondary N) is 2. The first-order valence-electron chi connectivity index (χ1n) is 10.9. The lowest BCUT2D eigenvalue weighted by Gasteiger charge is -2.24. The van der Waals surface area contributed by atoms with E-state index < -0.39 is 11.9 Å². The number of nitrogens with zero attached hydrogens (tertiary/aromatic N) is 2. The van der Waals surface area contributed by atoms with Gasteiger partial charge in [-0.05, 0) is 38.8 Å². The molecule has 0 aromatic heterocycles. The van der Waals surface area contributed by atoms with E-state index in [-0.39, 0.29) is 42.3 Å². The molecule has 1 saturated carbocycles. The smallest absolute Gasteiger partial charge is 0.343 e. The molecular weight excluding hydrogens is 396 g/mol. The van der Waals surface area contributed by atoms with Gasteiger partial charge in [-0.3, -0.25) is 9.59 Å². The van der Waals surface area contributed by atoms with Crippen LogP contribution >= 0.6 is 0 Å². The summed E-state index contributed by atoms with van der Waals surface area (Å²) in [7, 11) is 0. The van der Waals surface area contributed by atoms with Crippen molar-refractivity contribution in [3.8, 4) is 0 Å². The number of hydrogen-bond donors (Lipinski definition) is 2. The van der Waals surface area contributed by atoms with Crippen LogP contribution in [0, 0.1) is 5.92 Å². The van der Waals surface area contributed by atoms with Crippen LogP contribution in [0.1, 0.15) is 46.0 Å². The first-order chi connectivity index (χ1) is 15.0. The average Bonchev–Trinajstić information content (AvgIpc) is 3.36. The number of amidine groups is 1. The first kappa shape index (κ1) is 21.1. The van der Waals surface area contributed by atoms with Gasteiger partial charge >= 0.3 is 5.97 Å². The largest absolute Gasteiger partial charge is 0.462 e. The number of amides is 2. The van der Waals surface area contributed by atoms with E-state index in [1.165, 1.54) is 0 Å². The quantitative estimate of drug-likeness (QED) is 0.724. The van der Waals surface area contributed by atoms with E-state index in [1.807, 2.05) is 23.1 Å². The van der Waals surface area contributed by atoms with Crippen molar-refractivity contribution >= 4 is 35.0 Å². The number of para-hydroxylation sites is 2. The molecule has 2 fully saturated rings. The van der Waals surface area contributed by atoms with E-state index in [0.29, 0.717) is 17.9 Å². The van der Waals surface area contributed by atoms with E-state index >= 15 is 0 Å². The van der Waals surface area contributed by atoms with Crippen molar-refractivity contribution in [2.75, 3.05) is 18.5 Å². The van der Waals surface area contributed by atoms with Crippen LogP contribution in [0.5, 0.6) is 0 Å². The highest BCUT2D eigenvalue weighted by Gasteiger charge is 2.39. The molecule has 1 aromatic carbocycles. The van der Waals surface area contributed by atoms with Crippen LogP contribution in [-0.4, -0.2) is 47.7 Å². The summed E-state index contributed by atoms with van der Waals surface area (Å²) < 4.78 is 5.21. The average molecular weight is 425 g/mol. The Hall–Kier alpha value is -3.16. The topological polar surface area (TPSA) is 100 Å². The third-order valence-electron chi connectivity index (χ3n) is 6.09. The molecule has 0 bridgehead atoms.